The van der Waals surface area contributed by atoms with Crippen molar-refractivity contribution in [1.82, 2.24) is 14.9 Å². The highest BCUT2D eigenvalue weighted by atomic mass is 16.1. The highest BCUT2D eigenvalue weighted by Crippen LogP contribution is 2.17. The molecule has 1 aromatic carbocycles. The summed E-state index contributed by atoms with van der Waals surface area (Å²) in [7, 11) is 0. The zero-order chi connectivity index (χ0) is 16.9. The highest BCUT2D eigenvalue weighted by Gasteiger charge is 2.17. The molecular weight excluding hydrogens is 302 g/mol. The van der Waals surface area contributed by atoms with E-state index in [1.807, 2.05) is 13.0 Å². The number of amides is 1. The second-order valence-electron chi connectivity index (χ2n) is 6.16. The van der Waals surface area contributed by atoms with Crippen LogP contribution in [0.1, 0.15) is 16.8 Å². The van der Waals surface area contributed by atoms with Gasteiger partial charge < -0.3 is 15.1 Å². The number of anilines is 2. The Hall–Kier alpha value is -2.63. The average Bonchev–Trinajstić information content (AvgIpc) is 2.61. The topological polar surface area (TPSA) is 61.4 Å². The fourth-order valence-electron chi connectivity index (χ4n) is 2.74. The van der Waals surface area contributed by atoms with Crippen molar-refractivity contribution >= 4 is 18.2 Å². The Morgan fingerprint density at radius 2 is 1.79 bits per heavy atom. The molecule has 1 saturated heterocycles. The van der Waals surface area contributed by atoms with Crippen molar-refractivity contribution in [1.29, 1.82) is 0 Å². The summed E-state index contributed by atoms with van der Waals surface area (Å²) in [6.45, 7) is 7.82. The van der Waals surface area contributed by atoms with Crippen LogP contribution in [-0.2, 0) is 11.3 Å². The number of piperazine rings is 1. The average molecular weight is 325 g/mol. The molecular formula is C18H23N5O. The van der Waals surface area contributed by atoms with Crippen LogP contribution < -0.4 is 10.2 Å². The van der Waals surface area contributed by atoms with Gasteiger partial charge >= 0.3 is 0 Å². The summed E-state index contributed by atoms with van der Waals surface area (Å²) in [5.41, 5.74) is 3.39. The molecule has 24 heavy (non-hydrogen) atoms. The predicted octanol–water partition coefficient (Wildman–Crippen LogP) is 1.98. The lowest BCUT2D eigenvalue weighted by molar-refractivity contribution is -0.118. The van der Waals surface area contributed by atoms with Gasteiger partial charge in [-0.25, -0.2) is 4.98 Å². The largest absolute Gasteiger partial charge is 0.353 e. The summed E-state index contributed by atoms with van der Waals surface area (Å²) in [6.07, 6.45) is 0.914. The van der Waals surface area contributed by atoms with Crippen molar-refractivity contribution in [2.45, 2.75) is 20.4 Å². The molecule has 0 atom stereocenters. The minimum Gasteiger partial charge on any atom is -0.353 e. The minimum absolute atomic E-state index is 0.642. The van der Waals surface area contributed by atoms with Gasteiger partial charge in [0.1, 0.15) is 5.82 Å². The maximum Gasteiger partial charge on any atom is 0.225 e. The smallest absolute Gasteiger partial charge is 0.225 e. The Morgan fingerprint density at radius 1 is 1.08 bits per heavy atom. The van der Waals surface area contributed by atoms with Gasteiger partial charge in [-0.15, -0.1) is 0 Å². The number of hydrogen-bond donors (Lipinski definition) is 1. The van der Waals surface area contributed by atoms with Crippen molar-refractivity contribution < 1.29 is 4.79 Å². The molecule has 2 aromatic rings. The van der Waals surface area contributed by atoms with Crippen LogP contribution >= 0.6 is 0 Å². The standard InChI is InChI=1S/C18H23N5O/c1-14-3-5-16(6-4-14)12-19-18-20-15(2)11-17(21-18)23-9-7-22(13-24)8-10-23/h3-6,11,13H,7-10,12H2,1-2H3,(H,19,20,21). The molecule has 0 unspecified atom stereocenters. The number of aromatic nitrogens is 2. The van der Waals surface area contributed by atoms with E-state index in [1.165, 1.54) is 11.1 Å². The van der Waals surface area contributed by atoms with E-state index in [-0.39, 0.29) is 0 Å². The molecule has 1 aliphatic rings. The lowest BCUT2D eigenvalue weighted by Gasteiger charge is -2.33. The Bertz CT molecular complexity index is 693. The fourth-order valence-corrected chi connectivity index (χ4v) is 2.74. The van der Waals surface area contributed by atoms with Crippen LogP contribution in [0.25, 0.3) is 0 Å². The number of carbonyl (C=O) groups is 1. The molecule has 1 N–H and O–H groups in total. The molecule has 2 heterocycles. The monoisotopic (exact) mass is 325 g/mol. The first kappa shape index (κ1) is 16.2. The van der Waals surface area contributed by atoms with Crippen LogP contribution in [-0.4, -0.2) is 47.5 Å². The van der Waals surface area contributed by atoms with Gasteiger partial charge in [-0.1, -0.05) is 29.8 Å². The van der Waals surface area contributed by atoms with Gasteiger partial charge in [-0.05, 0) is 19.4 Å². The molecule has 3 rings (SSSR count). The first-order valence-electron chi connectivity index (χ1n) is 8.23. The van der Waals surface area contributed by atoms with Crippen molar-refractivity contribution in [3.63, 3.8) is 0 Å². The first-order valence-corrected chi connectivity index (χ1v) is 8.23. The van der Waals surface area contributed by atoms with E-state index < -0.39 is 0 Å². The van der Waals surface area contributed by atoms with Crippen LogP contribution in [0.5, 0.6) is 0 Å². The number of hydrogen-bond acceptors (Lipinski definition) is 5. The van der Waals surface area contributed by atoms with E-state index in [4.69, 9.17) is 0 Å². The molecule has 0 bridgehead atoms. The normalized spacial score (nSPS) is 14.6. The van der Waals surface area contributed by atoms with E-state index >= 15 is 0 Å². The van der Waals surface area contributed by atoms with Crippen LogP contribution in [0.4, 0.5) is 11.8 Å². The predicted molar refractivity (Wildman–Crippen MR) is 95.1 cm³/mol. The van der Waals surface area contributed by atoms with E-state index in [0.29, 0.717) is 12.5 Å². The molecule has 126 valence electrons. The highest BCUT2D eigenvalue weighted by molar-refractivity contribution is 5.50. The lowest BCUT2D eigenvalue weighted by Crippen LogP contribution is -2.46. The van der Waals surface area contributed by atoms with Gasteiger partial charge in [0.05, 0.1) is 0 Å². The molecule has 1 amide bonds. The SMILES string of the molecule is Cc1ccc(CNc2nc(C)cc(N3CCN(C=O)CC3)n2)cc1. The number of rotatable bonds is 5. The summed E-state index contributed by atoms with van der Waals surface area (Å²) < 4.78 is 0. The Morgan fingerprint density at radius 3 is 2.46 bits per heavy atom. The lowest BCUT2D eigenvalue weighted by atomic mass is 10.1. The number of carbonyl (C=O) groups excluding carboxylic acids is 1. The van der Waals surface area contributed by atoms with Crippen molar-refractivity contribution in [3.8, 4) is 0 Å². The van der Waals surface area contributed by atoms with E-state index in [2.05, 4.69) is 51.4 Å². The number of benzene rings is 1. The molecule has 0 spiro atoms. The second kappa shape index (κ2) is 7.29. The van der Waals surface area contributed by atoms with Crippen molar-refractivity contribution in [2.75, 3.05) is 36.4 Å². The maximum atomic E-state index is 10.8. The van der Waals surface area contributed by atoms with Gasteiger partial charge in [0.15, 0.2) is 0 Å². The van der Waals surface area contributed by atoms with Crippen molar-refractivity contribution in [3.05, 3.63) is 47.2 Å². The van der Waals surface area contributed by atoms with Gasteiger partial charge in [0, 0.05) is 44.5 Å². The molecule has 1 fully saturated rings. The summed E-state index contributed by atoms with van der Waals surface area (Å²) in [4.78, 5) is 23.9. The van der Waals surface area contributed by atoms with Crippen LogP contribution in [0.2, 0.25) is 0 Å². The van der Waals surface area contributed by atoms with Gasteiger partial charge in [-0.2, -0.15) is 4.98 Å². The second-order valence-corrected chi connectivity index (χ2v) is 6.16. The Kier molecular flexibility index (Phi) is 4.93. The summed E-state index contributed by atoms with van der Waals surface area (Å²) >= 11 is 0. The molecule has 0 radical (unpaired) electrons. The zero-order valence-corrected chi connectivity index (χ0v) is 14.2. The summed E-state index contributed by atoms with van der Waals surface area (Å²) in [5.74, 6) is 1.56. The molecule has 6 heteroatoms. The molecule has 1 aliphatic heterocycles. The summed E-state index contributed by atoms with van der Waals surface area (Å²) in [5, 5.41) is 3.31. The summed E-state index contributed by atoms with van der Waals surface area (Å²) in [6, 6.07) is 10.4. The van der Waals surface area contributed by atoms with Gasteiger partial charge in [0.25, 0.3) is 0 Å². The molecule has 0 saturated carbocycles. The van der Waals surface area contributed by atoms with Crippen LogP contribution in [0, 0.1) is 13.8 Å². The quantitative estimate of drug-likeness (QED) is 0.852. The zero-order valence-electron chi connectivity index (χ0n) is 14.2. The van der Waals surface area contributed by atoms with Gasteiger partial charge in [-0.3, -0.25) is 4.79 Å². The Labute approximate surface area is 142 Å². The molecule has 6 nitrogen and oxygen atoms in total. The third-order valence-electron chi connectivity index (χ3n) is 4.20. The maximum absolute atomic E-state index is 10.8. The number of aryl methyl sites for hydroxylation is 2. The van der Waals surface area contributed by atoms with E-state index in [0.717, 1.165) is 44.1 Å². The fraction of sp³-hybridized carbons (Fsp3) is 0.389. The third kappa shape index (κ3) is 4.01. The minimum atomic E-state index is 0.642. The Balaban J connectivity index is 1.67. The van der Waals surface area contributed by atoms with Crippen LogP contribution in [0.15, 0.2) is 30.3 Å². The first-order chi connectivity index (χ1) is 11.6. The number of nitrogens with one attached hydrogen (secondary N) is 1. The van der Waals surface area contributed by atoms with Crippen LogP contribution in [0.3, 0.4) is 0 Å². The third-order valence-corrected chi connectivity index (χ3v) is 4.20. The molecule has 1 aromatic heterocycles. The van der Waals surface area contributed by atoms with Crippen molar-refractivity contribution in [2.24, 2.45) is 0 Å². The molecule has 0 aliphatic carbocycles. The van der Waals surface area contributed by atoms with Gasteiger partial charge in [0.2, 0.25) is 12.4 Å². The van der Waals surface area contributed by atoms with E-state index in [1.54, 1.807) is 4.90 Å². The number of nitrogens with zero attached hydrogens (tertiary/aromatic N) is 4. The van der Waals surface area contributed by atoms with E-state index in [9.17, 15) is 4.79 Å².